The molecule has 0 spiro atoms. The molecule has 0 atom stereocenters. The van der Waals surface area contributed by atoms with E-state index in [9.17, 15) is 4.79 Å². The van der Waals surface area contributed by atoms with Crippen LogP contribution in [-0.4, -0.2) is 34.1 Å². The molecule has 2 fully saturated rings. The normalized spacial score (nSPS) is 18.7. The Balaban J connectivity index is 1.37. The fraction of sp³-hybridized carbons (Fsp3) is 0.409. The van der Waals surface area contributed by atoms with Gasteiger partial charge in [-0.1, -0.05) is 0 Å². The SMILES string of the molecule is CN1C(=O)COc2cc(Nc3cc4c(cc3C3CC3)ncn4CC3CC3)cnc21. The number of hydrogen-bond donors (Lipinski definition) is 1. The second-order valence-electron chi connectivity index (χ2n) is 8.45. The van der Waals surface area contributed by atoms with Gasteiger partial charge in [-0.25, -0.2) is 9.97 Å². The number of nitrogens with one attached hydrogen (secondary N) is 1. The minimum Gasteiger partial charge on any atom is -0.480 e. The second kappa shape index (κ2) is 6.20. The summed E-state index contributed by atoms with van der Waals surface area (Å²) in [6.07, 6.45) is 8.83. The van der Waals surface area contributed by atoms with Crippen LogP contribution in [0.4, 0.5) is 17.2 Å². The van der Waals surface area contributed by atoms with Gasteiger partial charge in [0.15, 0.2) is 18.2 Å². The van der Waals surface area contributed by atoms with E-state index in [1.54, 1.807) is 18.1 Å². The number of hydrogen-bond acceptors (Lipinski definition) is 5. The van der Waals surface area contributed by atoms with Crippen LogP contribution in [0.5, 0.6) is 5.75 Å². The number of ether oxygens (including phenoxy) is 1. The van der Waals surface area contributed by atoms with Gasteiger partial charge in [-0.05, 0) is 55.2 Å². The molecule has 2 aromatic heterocycles. The van der Waals surface area contributed by atoms with Gasteiger partial charge in [-0.15, -0.1) is 0 Å². The smallest absolute Gasteiger partial charge is 0.265 e. The number of carbonyl (C=O) groups excluding carboxylic acids is 1. The van der Waals surface area contributed by atoms with Gasteiger partial charge in [-0.2, -0.15) is 0 Å². The van der Waals surface area contributed by atoms with Crippen molar-refractivity contribution in [2.45, 2.75) is 38.1 Å². The van der Waals surface area contributed by atoms with Gasteiger partial charge in [0.25, 0.3) is 5.91 Å². The van der Waals surface area contributed by atoms with Crippen LogP contribution in [0.2, 0.25) is 0 Å². The summed E-state index contributed by atoms with van der Waals surface area (Å²) in [5, 5.41) is 3.56. The largest absolute Gasteiger partial charge is 0.480 e. The van der Waals surface area contributed by atoms with Crippen molar-refractivity contribution < 1.29 is 9.53 Å². The van der Waals surface area contributed by atoms with E-state index in [1.807, 2.05) is 12.4 Å². The third-order valence-electron chi connectivity index (χ3n) is 6.12. The number of nitrogens with zero attached hydrogens (tertiary/aromatic N) is 4. The fourth-order valence-corrected chi connectivity index (χ4v) is 4.06. The van der Waals surface area contributed by atoms with Gasteiger partial charge in [0.05, 0.1) is 29.2 Å². The highest BCUT2D eigenvalue weighted by Crippen LogP contribution is 2.46. The number of likely N-dealkylation sites (N-methyl/N-ethyl adjacent to an activating group) is 1. The zero-order chi connectivity index (χ0) is 19.5. The van der Waals surface area contributed by atoms with Crippen molar-refractivity contribution in [3.8, 4) is 5.75 Å². The molecule has 0 unspecified atom stereocenters. The topological polar surface area (TPSA) is 72.3 Å². The quantitative estimate of drug-likeness (QED) is 0.718. The summed E-state index contributed by atoms with van der Waals surface area (Å²) in [7, 11) is 1.73. The molecule has 3 aromatic rings. The van der Waals surface area contributed by atoms with Gasteiger partial charge < -0.3 is 14.6 Å². The molecule has 7 nitrogen and oxygen atoms in total. The molecule has 1 amide bonds. The lowest BCUT2D eigenvalue weighted by atomic mass is 10.1. The lowest BCUT2D eigenvalue weighted by molar-refractivity contribution is -0.121. The van der Waals surface area contributed by atoms with Crippen LogP contribution in [0.1, 0.15) is 37.2 Å². The number of fused-ring (bicyclic) bond motifs is 2. The van der Waals surface area contributed by atoms with E-state index in [1.165, 1.54) is 36.8 Å². The standard InChI is InChI=1S/C22H23N5O2/c1-26-21(28)11-29-20-6-15(9-23-22(20)26)25-17-8-19-18(7-16(17)14-4-5-14)24-12-27(19)10-13-2-3-13/h6-9,12-14,25H,2-5,10-11H2,1H3. The first-order chi connectivity index (χ1) is 14.2. The number of aromatic nitrogens is 3. The van der Waals surface area contributed by atoms with Gasteiger partial charge >= 0.3 is 0 Å². The molecular formula is C22H23N5O2. The van der Waals surface area contributed by atoms with Crippen molar-refractivity contribution in [1.29, 1.82) is 0 Å². The van der Waals surface area contributed by atoms with Crippen LogP contribution in [0.25, 0.3) is 11.0 Å². The summed E-state index contributed by atoms with van der Waals surface area (Å²) in [4.78, 5) is 22.5. The Labute approximate surface area is 168 Å². The first kappa shape index (κ1) is 16.8. The van der Waals surface area contributed by atoms with E-state index in [0.717, 1.165) is 29.4 Å². The number of benzene rings is 1. The van der Waals surface area contributed by atoms with Crippen LogP contribution in [0, 0.1) is 5.92 Å². The van der Waals surface area contributed by atoms with Crippen molar-refractivity contribution in [1.82, 2.24) is 14.5 Å². The number of pyridine rings is 1. The summed E-state index contributed by atoms with van der Waals surface area (Å²) < 4.78 is 7.88. The van der Waals surface area contributed by atoms with Crippen LogP contribution < -0.4 is 15.0 Å². The summed E-state index contributed by atoms with van der Waals surface area (Å²) in [5.41, 5.74) is 5.54. The molecule has 0 radical (unpaired) electrons. The lowest BCUT2D eigenvalue weighted by Gasteiger charge is -2.25. The maximum atomic E-state index is 11.8. The van der Waals surface area contributed by atoms with E-state index in [4.69, 9.17) is 4.74 Å². The number of amides is 1. The predicted octanol–water partition coefficient (Wildman–Crippen LogP) is 3.82. The molecule has 3 heterocycles. The van der Waals surface area contributed by atoms with Crippen molar-refractivity contribution in [2.24, 2.45) is 5.92 Å². The molecule has 2 saturated carbocycles. The van der Waals surface area contributed by atoms with Crippen LogP contribution in [0.15, 0.2) is 30.7 Å². The Morgan fingerprint density at radius 2 is 2.03 bits per heavy atom. The average Bonchev–Trinajstić information content (AvgIpc) is 3.64. The lowest BCUT2D eigenvalue weighted by Crippen LogP contribution is -2.36. The second-order valence-corrected chi connectivity index (χ2v) is 8.45. The Bertz CT molecular complexity index is 1130. The minimum absolute atomic E-state index is 0.0499. The molecule has 1 N–H and O–H groups in total. The highest BCUT2D eigenvalue weighted by atomic mass is 16.5. The molecule has 6 rings (SSSR count). The van der Waals surface area contributed by atoms with Gasteiger partial charge in [-0.3, -0.25) is 9.69 Å². The van der Waals surface area contributed by atoms with Gasteiger partial charge in [0, 0.05) is 25.3 Å². The molecule has 3 aliphatic rings. The molecule has 148 valence electrons. The number of imidazole rings is 1. The molecule has 0 bridgehead atoms. The van der Waals surface area contributed by atoms with E-state index in [0.29, 0.717) is 17.5 Å². The van der Waals surface area contributed by atoms with Crippen molar-refractivity contribution in [3.63, 3.8) is 0 Å². The van der Waals surface area contributed by atoms with Crippen LogP contribution in [0.3, 0.4) is 0 Å². The van der Waals surface area contributed by atoms with Crippen molar-refractivity contribution in [3.05, 3.63) is 36.3 Å². The maximum absolute atomic E-state index is 11.8. The third-order valence-corrected chi connectivity index (χ3v) is 6.12. The maximum Gasteiger partial charge on any atom is 0.265 e. The fourth-order valence-electron chi connectivity index (χ4n) is 4.06. The summed E-state index contributed by atoms with van der Waals surface area (Å²) in [6, 6.07) is 6.40. The molecule has 0 saturated heterocycles. The van der Waals surface area contributed by atoms with Crippen LogP contribution in [-0.2, 0) is 11.3 Å². The molecular weight excluding hydrogens is 366 g/mol. The minimum atomic E-state index is -0.0869. The highest BCUT2D eigenvalue weighted by molar-refractivity contribution is 5.96. The van der Waals surface area contributed by atoms with E-state index < -0.39 is 0 Å². The Morgan fingerprint density at radius 3 is 2.83 bits per heavy atom. The van der Waals surface area contributed by atoms with E-state index >= 15 is 0 Å². The zero-order valence-electron chi connectivity index (χ0n) is 16.4. The predicted molar refractivity (Wildman–Crippen MR) is 111 cm³/mol. The molecule has 29 heavy (non-hydrogen) atoms. The number of carbonyl (C=O) groups is 1. The van der Waals surface area contributed by atoms with E-state index in [-0.39, 0.29) is 12.5 Å². The van der Waals surface area contributed by atoms with Gasteiger partial charge in [0.2, 0.25) is 0 Å². The summed E-state index contributed by atoms with van der Waals surface area (Å²) >= 11 is 0. The Morgan fingerprint density at radius 1 is 1.17 bits per heavy atom. The Hall–Kier alpha value is -3.09. The first-order valence-corrected chi connectivity index (χ1v) is 10.3. The van der Waals surface area contributed by atoms with Crippen molar-refractivity contribution >= 4 is 34.1 Å². The molecule has 2 aliphatic carbocycles. The average molecular weight is 389 g/mol. The molecule has 1 aliphatic heterocycles. The Kier molecular flexibility index (Phi) is 3.60. The summed E-state index contributed by atoms with van der Waals surface area (Å²) in [5.74, 6) is 2.50. The molecule has 1 aromatic carbocycles. The summed E-state index contributed by atoms with van der Waals surface area (Å²) in [6.45, 7) is 1.10. The van der Waals surface area contributed by atoms with Crippen LogP contribution >= 0.6 is 0 Å². The first-order valence-electron chi connectivity index (χ1n) is 10.3. The van der Waals surface area contributed by atoms with Crippen molar-refractivity contribution in [2.75, 3.05) is 23.9 Å². The number of rotatable bonds is 5. The van der Waals surface area contributed by atoms with E-state index in [2.05, 4.69) is 32.0 Å². The zero-order valence-corrected chi connectivity index (χ0v) is 16.4. The number of anilines is 3. The van der Waals surface area contributed by atoms with Gasteiger partial charge in [0.1, 0.15) is 0 Å². The molecule has 7 heteroatoms. The third kappa shape index (κ3) is 3.01. The highest BCUT2D eigenvalue weighted by Gasteiger charge is 2.29. The monoisotopic (exact) mass is 389 g/mol.